The maximum atomic E-state index is 11.7. The number of hydrogen-bond acceptors (Lipinski definition) is 6. The van der Waals surface area contributed by atoms with Gasteiger partial charge in [0.1, 0.15) is 0 Å². The van der Waals surface area contributed by atoms with E-state index in [1.54, 1.807) is 18.2 Å². The summed E-state index contributed by atoms with van der Waals surface area (Å²) in [7, 11) is -4.72. The summed E-state index contributed by atoms with van der Waals surface area (Å²) in [5.41, 5.74) is 0.0865. The first-order valence-electron chi connectivity index (χ1n) is 5.41. The van der Waals surface area contributed by atoms with E-state index in [4.69, 9.17) is 4.55 Å². The van der Waals surface area contributed by atoms with Gasteiger partial charge in [0.15, 0.2) is 5.25 Å². The third-order valence-corrected chi connectivity index (χ3v) is 3.69. The molecule has 21 heavy (non-hydrogen) atoms. The van der Waals surface area contributed by atoms with Crippen molar-refractivity contribution < 1.29 is 32.2 Å². The topological polar surface area (TPSA) is 118 Å². The zero-order valence-electron chi connectivity index (χ0n) is 10.9. The molecular formula is C11H9NNaO7S. The summed E-state index contributed by atoms with van der Waals surface area (Å²) in [6, 6.07) is 7.54. The second-order valence-electron chi connectivity index (χ2n) is 3.98. The fraction of sp³-hybridized carbons (Fsp3) is 0.182. The van der Waals surface area contributed by atoms with E-state index in [-0.39, 0.29) is 40.2 Å². The minimum absolute atomic E-state index is 0. The molecule has 1 N–H and O–H groups in total. The minimum Gasteiger partial charge on any atom is -0.325 e. The van der Waals surface area contributed by atoms with Crippen molar-refractivity contribution in [1.29, 1.82) is 0 Å². The van der Waals surface area contributed by atoms with Crippen LogP contribution in [0.4, 0.5) is 0 Å². The zero-order chi connectivity index (χ0) is 14.9. The predicted octanol–water partition coefficient (Wildman–Crippen LogP) is -0.607. The van der Waals surface area contributed by atoms with Crippen molar-refractivity contribution in [3.63, 3.8) is 0 Å². The van der Waals surface area contributed by atoms with E-state index in [1.807, 2.05) is 0 Å². The van der Waals surface area contributed by atoms with Crippen LogP contribution in [0.15, 0.2) is 30.3 Å². The molecule has 1 aromatic rings. The molecule has 0 aliphatic carbocycles. The molecule has 1 saturated heterocycles. The number of nitrogens with zero attached hydrogens (tertiary/aromatic N) is 1. The molecule has 1 atom stereocenters. The number of amides is 2. The Morgan fingerprint density at radius 3 is 2.29 bits per heavy atom. The van der Waals surface area contributed by atoms with Crippen LogP contribution in [-0.4, -0.2) is 70.6 Å². The second-order valence-corrected chi connectivity index (χ2v) is 5.58. The first kappa shape index (κ1) is 17.8. The Kier molecular flexibility index (Phi) is 5.65. The van der Waals surface area contributed by atoms with Gasteiger partial charge >= 0.3 is 5.97 Å². The molecule has 0 spiro atoms. The summed E-state index contributed by atoms with van der Waals surface area (Å²) in [6.45, 7) is 0. The van der Waals surface area contributed by atoms with Crippen LogP contribution in [0.25, 0.3) is 0 Å². The maximum Gasteiger partial charge on any atom is 0.363 e. The third-order valence-electron chi connectivity index (χ3n) is 2.61. The molecule has 1 aliphatic rings. The van der Waals surface area contributed by atoms with Crippen molar-refractivity contribution in [3.8, 4) is 0 Å². The Hall–Kier alpha value is -1.26. The maximum absolute atomic E-state index is 11.7. The number of imide groups is 1. The Balaban J connectivity index is 0.00000220. The molecule has 107 valence electrons. The molecule has 1 radical (unpaired) electrons. The first-order chi connectivity index (χ1) is 9.30. The van der Waals surface area contributed by atoms with Crippen LogP contribution < -0.4 is 0 Å². The van der Waals surface area contributed by atoms with Gasteiger partial charge in [-0.15, -0.1) is 5.06 Å². The molecule has 2 rings (SSSR count). The predicted molar refractivity (Wildman–Crippen MR) is 69.4 cm³/mol. The van der Waals surface area contributed by atoms with Gasteiger partial charge in [-0.05, 0) is 12.1 Å². The molecule has 10 heteroatoms. The summed E-state index contributed by atoms with van der Waals surface area (Å²) < 4.78 is 30.6. The van der Waals surface area contributed by atoms with Crippen molar-refractivity contribution in [1.82, 2.24) is 5.06 Å². The Morgan fingerprint density at radius 1 is 1.24 bits per heavy atom. The van der Waals surface area contributed by atoms with Crippen LogP contribution in [0.5, 0.6) is 0 Å². The van der Waals surface area contributed by atoms with Gasteiger partial charge in [-0.1, -0.05) is 18.2 Å². The Labute approximate surface area is 142 Å². The van der Waals surface area contributed by atoms with Gasteiger partial charge in [-0.3, -0.25) is 14.1 Å². The monoisotopic (exact) mass is 322 g/mol. The number of hydroxylamine groups is 2. The van der Waals surface area contributed by atoms with Gasteiger partial charge in [0, 0.05) is 29.6 Å². The molecule has 1 aliphatic heterocycles. The summed E-state index contributed by atoms with van der Waals surface area (Å²) in [5, 5.41) is -1.87. The van der Waals surface area contributed by atoms with Gasteiger partial charge < -0.3 is 4.84 Å². The van der Waals surface area contributed by atoms with Crippen LogP contribution in [0.3, 0.4) is 0 Å². The fourth-order valence-corrected chi connectivity index (χ4v) is 2.32. The van der Waals surface area contributed by atoms with Crippen LogP contribution >= 0.6 is 0 Å². The van der Waals surface area contributed by atoms with Crippen LogP contribution in [0, 0.1) is 0 Å². The van der Waals surface area contributed by atoms with Gasteiger partial charge in [0.2, 0.25) is 0 Å². The van der Waals surface area contributed by atoms with E-state index >= 15 is 0 Å². The largest absolute Gasteiger partial charge is 0.363 e. The average Bonchev–Trinajstić information content (AvgIpc) is 2.67. The second kappa shape index (κ2) is 6.67. The molecule has 8 nitrogen and oxygen atoms in total. The molecule has 1 aromatic carbocycles. The van der Waals surface area contributed by atoms with Crippen molar-refractivity contribution in [3.05, 3.63) is 35.9 Å². The van der Waals surface area contributed by atoms with Crippen molar-refractivity contribution in [2.24, 2.45) is 0 Å². The summed E-state index contributed by atoms with van der Waals surface area (Å²) >= 11 is 0. The summed E-state index contributed by atoms with van der Waals surface area (Å²) in [6.07, 6.45) is -0.764. The van der Waals surface area contributed by atoms with Crippen LogP contribution in [0.2, 0.25) is 0 Å². The number of carbonyl (C=O) groups is 3. The normalized spacial score (nSPS) is 18.3. The van der Waals surface area contributed by atoms with Crippen molar-refractivity contribution >= 4 is 57.5 Å². The zero-order valence-corrected chi connectivity index (χ0v) is 13.7. The molecular weight excluding hydrogens is 313 g/mol. The molecule has 1 unspecified atom stereocenters. The number of hydrogen-bond donors (Lipinski definition) is 1. The molecule has 0 saturated carbocycles. The molecule has 0 aromatic heterocycles. The molecule has 1 heterocycles. The van der Waals surface area contributed by atoms with Crippen molar-refractivity contribution in [2.75, 3.05) is 0 Å². The van der Waals surface area contributed by atoms with Crippen LogP contribution in [-0.2, 0) is 24.5 Å². The first-order valence-corrected chi connectivity index (χ1v) is 6.91. The van der Waals surface area contributed by atoms with E-state index in [9.17, 15) is 22.8 Å². The fourth-order valence-electron chi connectivity index (χ4n) is 1.62. The standard InChI is InChI=1S/C11H9NO7S.Na/c13-9-6-8(20(16,17)18)10(14)12(9)19-11(15)7-4-2-1-3-5-7;/h1-5,8H,6H2,(H,16,17,18);. The quantitative estimate of drug-likeness (QED) is 0.448. The Bertz CT molecular complexity index is 673. The third kappa shape index (κ3) is 3.89. The smallest absolute Gasteiger partial charge is 0.325 e. The van der Waals surface area contributed by atoms with Crippen molar-refractivity contribution in [2.45, 2.75) is 11.7 Å². The van der Waals surface area contributed by atoms with E-state index in [1.165, 1.54) is 12.1 Å². The van der Waals surface area contributed by atoms with Gasteiger partial charge in [0.25, 0.3) is 21.9 Å². The summed E-state index contributed by atoms with van der Waals surface area (Å²) in [4.78, 5) is 39.3. The SMILES string of the molecule is O=C(ON1C(=O)CC(S(=O)(=O)O)C1=O)c1ccccc1.[Na]. The molecule has 0 bridgehead atoms. The average molecular weight is 322 g/mol. The number of benzene rings is 1. The molecule has 1 fully saturated rings. The van der Waals surface area contributed by atoms with Gasteiger partial charge in [-0.2, -0.15) is 8.42 Å². The number of rotatable bonds is 3. The van der Waals surface area contributed by atoms with Crippen LogP contribution in [0.1, 0.15) is 16.8 Å². The number of carbonyl (C=O) groups excluding carboxylic acids is 3. The van der Waals surface area contributed by atoms with Gasteiger partial charge in [0.05, 0.1) is 12.0 Å². The Morgan fingerprint density at radius 2 is 1.81 bits per heavy atom. The van der Waals surface area contributed by atoms with Gasteiger partial charge in [-0.25, -0.2) is 4.79 Å². The van der Waals surface area contributed by atoms with E-state index in [0.29, 0.717) is 0 Å². The van der Waals surface area contributed by atoms with E-state index in [2.05, 4.69) is 4.84 Å². The summed E-state index contributed by atoms with van der Waals surface area (Å²) in [5.74, 6) is -3.29. The minimum atomic E-state index is -4.72. The van der Waals surface area contributed by atoms with E-state index in [0.717, 1.165) is 0 Å². The van der Waals surface area contributed by atoms with E-state index < -0.39 is 39.6 Å². The molecule has 2 amide bonds.